The molecule has 1 saturated carbocycles. The molecule has 3 atom stereocenters. The van der Waals surface area contributed by atoms with E-state index in [9.17, 15) is 9.00 Å². The second-order valence-electron chi connectivity index (χ2n) is 3.83. The molecule has 0 saturated heterocycles. The van der Waals surface area contributed by atoms with Gasteiger partial charge in [-0.05, 0) is 12.8 Å². The van der Waals surface area contributed by atoms with Crippen LogP contribution < -0.4 is 11.5 Å². The Morgan fingerprint density at radius 1 is 1.29 bits per heavy atom. The summed E-state index contributed by atoms with van der Waals surface area (Å²) in [6.45, 7) is 0. The highest BCUT2D eigenvalue weighted by atomic mass is 32.2. The molecule has 1 amide bonds. The van der Waals surface area contributed by atoms with Gasteiger partial charge in [-0.15, -0.1) is 0 Å². The second-order valence-corrected chi connectivity index (χ2v) is 5.49. The largest absolute Gasteiger partial charge is 0.369 e. The average molecular weight is 218 g/mol. The maximum absolute atomic E-state index is 11.7. The summed E-state index contributed by atoms with van der Waals surface area (Å²) in [6, 6.07) is -0.0299. The standard InChI is InChI=1S/C9H18N2O2S/c10-7-4-2-1-3-5-8(7)14(13)6-9(11)12/h7-8H,1-6,10H2,(H2,11,12). The van der Waals surface area contributed by atoms with E-state index in [0.29, 0.717) is 0 Å². The van der Waals surface area contributed by atoms with Gasteiger partial charge in [0.1, 0.15) is 5.75 Å². The minimum absolute atomic E-state index is 0.0299. The monoisotopic (exact) mass is 218 g/mol. The SMILES string of the molecule is NC(=O)CS(=O)C1CCCCCC1N. The first kappa shape index (κ1) is 11.7. The van der Waals surface area contributed by atoms with Crippen LogP contribution in [0.3, 0.4) is 0 Å². The maximum atomic E-state index is 11.7. The van der Waals surface area contributed by atoms with Crippen LogP contribution in [0.2, 0.25) is 0 Å². The molecule has 4 nitrogen and oxygen atoms in total. The highest BCUT2D eigenvalue weighted by molar-refractivity contribution is 7.86. The normalized spacial score (nSPS) is 30.6. The summed E-state index contributed by atoms with van der Waals surface area (Å²) >= 11 is 0. The summed E-state index contributed by atoms with van der Waals surface area (Å²) in [6.07, 6.45) is 5.09. The average Bonchev–Trinajstić information content (AvgIpc) is 2.28. The van der Waals surface area contributed by atoms with E-state index in [2.05, 4.69) is 0 Å². The maximum Gasteiger partial charge on any atom is 0.230 e. The predicted octanol–water partition coefficient (Wildman–Crippen LogP) is -0.120. The van der Waals surface area contributed by atoms with Crippen molar-refractivity contribution in [2.24, 2.45) is 11.5 Å². The number of carbonyl (C=O) groups is 1. The Morgan fingerprint density at radius 2 is 1.93 bits per heavy atom. The molecule has 0 radical (unpaired) electrons. The Morgan fingerprint density at radius 3 is 2.57 bits per heavy atom. The third-order valence-electron chi connectivity index (χ3n) is 2.63. The van der Waals surface area contributed by atoms with Crippen LogP contribution in [-0.4, -0.2) is 27.2 Å². The van der Waals surface area contributed by atoms with Crippen LogP contribution in [0.25, 0.3) is 0 Å². The van der Waals surface area contributed by atoms with Gasteiger partial charge >= 0.3 is 0 Å². The first-order valence-corrected chi connectivity index (χ1v) is 6.40. The van der Waals surface area contributed by atoms with E-state index in [1.165, 1.54) is 0 Å². The van der Waals surface area contributed by atoms with E-state index in [0.717, 1.165) is 32.1 Å². The molecule has 5 heteroatoms. The quantitative estimate of drug-likeness (QED) is 0.647. The first-order valence-electron chi connectivity index (χ1n) is 5.02. The third-order valence-corrected chi connectivity index (χ3v) is 4.46. The van der Waals surface area contributed by atoms with Crippen LogP contribution in [0, 0.1) is 0 Å². The van der Waals surface area contributed by atoms with E-state index in [-0.39, 0.29) is 17.0 Å². The predicted molar refractivity (Wildman–Crippen MR) is 57.1 cm³/mol. The number of rotatable bonds is 3. The fourth-order valence-electron chi connectivity index (χ4n) is 1.88. The summed E-state index contributed by atoms with van der Waals surface area (Å²) in [5.74, 6) is -0.543. The number of primary amides is 1. The molecule has 0 spiro atoms. The lowest BCUT2D eigenvalue weighted by molar-refractivity contribution is -0.115. The van der Waals surface area contributed by atoms with Crippen LogP contribution >= 0.6 is 0 Å². The minimum Gasteiger partial charge on any atom is -0.369 e. The van der Waals surface area contributed by atoms with Gasteiger partial charge in [0, 0.05) is 16.8 Å². The van der Waals surface area contributed by atoms with Gasteiger partial charge in [-0.3, -0.25) is 9.00 Å². The number of nitrogens with two attached hydrogens (primary N) is 2. The van der Waals surface area contributed by atoms with E-state index < -0.39 is 16.7 Å². The van der Waals surface area contributed by atoms with Crippen LogP contribution in [0.1, 0.15) is 32.1 Å². The molecule has 4 N–H and O–H groups in total. The van der Waals surface area contributed by atoms with Crippen molar-refractivity contribution in [2.45, 2.75) is 43.4 Å². The first-order chi connectivity index (χ1) is 6.61. The lowest BCUT2D eigenvalue weighted by Crippen LogP contribution is -2.39. The highest BCUT2D eigenvalue weighted by Gasteiger charge is 2.26. The van der Waals surface area contributed by atoms with Gasteiger partial charge in [0.05, 0.1) is 5.25 Å². The molecule has 0 aromatic heterocycles. The molecule has 0 bridgehead atoms. The molecule has 0 aromatic rings. The Hall–Kier alpha value is -0.420. The van der Waals surface area contributed by atoms with Crippen LogP contribution in [0.5, 0.6) is 0 Å². The molecule has 14 heavy (non-hydrogen) atoms. The summed E-state index contributed by atoms with van der Waals surface area (Å²) in [4.78, 5) is 10.6. The van der Waals surface area contributed by atoms with Crippen LogP contribution in [0.4, 0.5) is 0 Å². The van der Waals surface area contributed by atoms with E-state index in [1.54, 1.807) is 0 Å². The highest BCUT2D eigenvalue weighted by Crippen LogP contribution is 2.20. The molecule has 1 aliphatic rings. The van der Waals surface area contributed by atoms with E-state index >= 15 is 0 Å². The van der Waals surface area contributed by atoms with Crippen molar-refractivity contribution < 1.29 is 9.00 Å². The Balaban J connectivity index is 2.54. The van der Waals surface area contributed by atoms with E-state index in [4.69, 9.17) is 11.5 Å². The van der Waals surface area contributed by atoms with E-state index in [1.807, 2.05) is 0 Å². The van der Waals surface area contributed by atoms with Crippen LogP contribution in [-0.2, 0) is 15.6 Å². The van der Waals surface area contributed by atoms with Crippen molar-refractivity contribution in [1.82, 2.24) is 0 Å². The Labute approximate surface area is 86.9 Å². The zero-order valence-corrected chi connectivity index (χ0v) is 9.09. The molecule has 1 aliphatic carbocycles. The number of amides is 1. The smallest absolute Gasteiger partial charge is 0.230 e. The fourth-order valence-corrected chi connectivity index (χ4v) is 3.33. The van der Waals surface area contributed by atoms with Crippen molar-refractivity contribution in [3.63, 3.8) is 0 Å². The van der Waals surface area contributed by atoms with Gasteiger partial charge in [0.25, 0.3) is 0 Å². The molecule has 82 valence electrons. The zero-order valence-electron chi connectivity index (χ0n) is 8.28. The lowest BCUT2D eigenvalue weighted by atomic mass is 10.1. The molecular formula is C9H18N2O2S. The van der Waals surface area contributed by atoms with Gasteiger partial charge in [0.15, 0.2) is 0 Å². The van der Waals surface area contributed by atoms with Crippen molar-refractivity contribution in [1.29, 1.82) is 0 Å². The molecule has 1 fully saturated rings. The second kappa shape index (κ2) is 5.46. The summed E-state index contributed by atoms with van der Waals surface area (Å²) in [5.41, 5.74) is 10.9. The van der Waals surface area contributed by atoms with Crippen molar-refractivity contribution in [3.8, 4) is 0 Å². The Kier molecular flexibility index (Phi) is 4.54. The molecular weight excluding hydrogens is 200 g/mol. The fraction of sp³-hybridized carbons (Fsp3) is 0.889. The number of carbonyl (C=O) groups excluding carboxylic acids is 1. The third kappa shape index (κ3) is 3.38. The van der Waals surface area contributed by atoms with Crippen LogP contribution in [0.15, 0.2) is 0 Å². The molecule has 0 aromatic carbocycles. The van der Waals surface area contributed by atoms with Gasteiger partial charge in [-0.1, -0.05) is 19.3 Å². The van der Waals surface area contributed by atoms with Crippen molar-refractivity contribution in [3.05, 3.63) is 0 Å². The number of hydrogen-bond acceptors (Lipinski definition) is 3. The number of hydrogen-bond donors (Lipinski definition) is 2. The summed E-state index contributed by atoms with van der Waals surface area (Å²) in [5, 5.41) is -0.0370. The van der Waals surface area contributed by atoms with Crippen molar-refractivity contribution in [2.75, 3.05) is 5.75 Å². The Bertz CT molecular complexity index is 233. The molecule has 3 unspecified atom stereocenters. The van der Waals surface area contributed by atoms with Crippen molar-refractivity contribution >= 4 is 16.7 Å². The summed E-state index contributed by atoms with van der Waals surface area (Å²) in [7, 11) is -1.18. The van der Waals surface area contributed by atoms with Gasteiger partial charge in [-0.25, -0.2) is 0 Å². The molecule has 1 rings (SSSR count). The minimum atomic E-state index is -1.18. The summed E-state index contributed by atoms with van der Waals surface area (Å²) < 4.78 is 11.7. The lowest BCUT2D eigenvalue weighted by Gasteiger charge is -2.19. The van der Waals surface area contributed by atoms with Gasteiger partial charge in [0.2, 0.25) is 5.91 Å². The molecule has 0 heterocycles. The van der Waals surface area contributed by atoms with Gasteiger partial charge in [-0.2, -0.15) is 0 Å². The van der Waals surface area contributed by atoms with Gasteiger partial charge < -0.3 is 11.5 Å². The zero-order chi connectivity index (χ0) is 10.6. The molecule has 0 aliphatic heterocycles. The topological polar surface area (TPSA) is 86.2 Å².